The van der Waals surface area contributed by atoms with Gasteiger partial charge in [-0.1, -0.05) is 30.3 Å². The molecule has 0 unspecified atom stereocenters. The molecule has 2 aromatic carbocycles. The Hall–Kier alpha value is -3.22. The van der Waals surface area contributed by atoms with Gasteiger partial charge in [-0.05, 0) is 18.1 Å². The predicted octanol–water partition coefficient (Wildman–Crippen LogP) is 2.38. The number of carbonyl (C=O) groups is 1. The molecule has 23 heavy (non-hydrogen) atoms. The highest BCUT2D eigenvalue weighted by Gasteiger charge is 2.08. The molecular weight excluding hydrogens is 298 g/mol. The van der Waals surface area contributed by atoms with Crippen molar-refractivity contribution in [3.8, 4) is 5.75 Å². The number of carbonyl (C=O) groups excluding carboxylic acids is 1. The molecule has 1 amide bonds. The molecule has 0 aliphatic carbocycles. The summed E-state index contributed by atoms with van der Waals surface area (Å²) in [6.07, 6.45) is 2.02. The fourth-order valence-electron chi connectivity index (χ4n) is 1.89. The van der Waals surface area contributed by atoms with Crippen LogP contribution in [-0.4, -0.2) is 22.2 Å². The number of nitro benzene ring substituents is 1. The number of nitrogens with zero attached hydrogens (tertiary/aromatic N) is 2. The van der Waals surface area contributed by atoms with Gasteiger partial charge in [0, 0.05) is 24.1 Å². The Morgan fingerprint density at radius 3 is 2.70 bits per heavy atom. The van der Waals surface area contributed by atoms with E-state index in [1.54, 1.807) is 0 Å². The molecule has 0 atom stereocenters. The van der Waals surface area contributed by atoms with Crippen molar-refractivity contribution >= 4 is 17.8 Å². The molecule has 0 aliphatic rings. The topological polar surface area (TPSA) is 105 Å². The zero-order valence-electron chi connectivity index (χ0n) is 12.2. The highest BCUT2D eigenvalue weighted by atomic mass is 16.6. The van der Waals surface area contributed by atoms with E-state index in [1.165, 1.54) is 24.4 Å². The number of hydrazone groups is 1. The van der Waals surface area contributed by atoms with Crippen molar-refractivity contribution in [2.24, 2.45) is 5.10 Å². The highest BCUT2D eigenvalue weighted by molar-refractivity contribution is 5.86. The molecule has 0 saturated carbocycles. The van der Waals surface area contributed by atoms with Crippen LogP contribution in [0.4, 0.5) is 5.69 Å². The summed E-state index contributed by atoms with van der Waals surface area (Å²) < 4.78 is 0. The van der Waals surface area contributed by atoms with Crippen LogP contribution in [0.5, 0.6) is 5.75 Å². The lowest BCUT2D eigenvalue weighted by atomic mass is 10.1. The molecule has 0 saturated heterocycles. The zero-order chi connectivity index (χ0) is 16.7. The molecule has 2 aromatic rings. The van der Waals surface area contributed by atoms with Crippen LogP contribution in [0, 0.1) is 10.1 Å². The van der Waals surface area contributed by atoms with Crippen LogP contribution in [0.15, 0.2) is 53.6 Å². The van der Waals surface area contributed by atoms with E-state index in [0.29, 0.717) is 6.42 Å². The third kappa shape index (κ3) is 4.92. The second-order valence-electron chi connectivity index (χ2n) is 4.78. The number of hydrogen-bond acceptors (Lipinski definition) is 5. The van der Waals surface area contributed by atoms with Crippen molar-refractivity contribution in [1.82, 2.24) is 5.43 Å². The van der Waals surface area contributed by atoms with Crippen LogP contribution in [0.1, 0.15) is 17.5 Å². The van der Waals surface area contributed by atoms with Gasteiger partial charge in [-0.15, -0.1) is 0 Å². The third-order valence-corrected chi connectivity index (χ3v) is 3.10. The normalized spacial score (nSPS) is 10.6. The first kappa shape index (κ1) is 16.2. The number of benzene rings is 2. The number of non-ortho nitro benzene ring substituents is 1. The lowest BCUT2D eigenvalue weighted by Crippen LogP contribution is -2.17. The molecule has 0 heterocycles. The number of hydrogen-bond donors (Lipinski definition) is 2. The fraction of sp³-hybridized carbons (Fsp3) is 0.125. The summed E-state index contributed by atoms with van der Waals surface area (Å²) in [5, 5.41) is 24.0. The van der Waals surface area contributed by atoms with Gasteiger partial charge in [0.25, 0.3) is 5.69 Å². The largest absolute Gasteiger partial charge is 0.507 e. The fourth-order valence-corrected chi connectivity index (χ4v) is 1.89. The molecule has 2 rings (SSSR count). The number of aromatic hydroxyl groups is 1. The van der Waals surface area contributed by atoms with Gasteiger partial charge in [0.05, 0.1) is 11.1 Å². The molecule has 7 nitrogen and oxygen atoms in total. The standard InChI is InChI=1S/C16H15N3O4/c20-15-8-7-14(19(22)23)10-13(15)11-17-18-16(21)9-6-12-4-2-1-3-5-12/h1-5,7-8,10-11,20H,6,9H2,(H,18,21)/b17-11-. The maximum absolute atomic E-state index is 11.7. The van der Waals surface area contributed by atoms with Crippen LogP contribution < -0.4 is 5.43 Å². The molecule has 0 radical (unpaired) electrons. The van der Waals surface area contributed by atoms with Crippen molar-refractivity contribution in [3.63, 3.8) is 0 Å². The van der Waals surface area contributed by atoms with Gasteiger partial charge in [0.1, 0.15) is 5.75 Å². The minimum absolute atomic E-state index is 0.155. The Kier molecular flexibility index (Phi) is 5.40. The van der Waals surface area contributed by atoms with Crippen LogP contribution in [-0.2, 0) is 11.2 Å². The van der Waals surface area contributed by atoms with E-state index >= 15 is 0 Å². The molecule has 0 fully saturated rings. The molecule has 118 valence electrons. The first-order valence-electron chi connectivity index (χ1n) is 6.89. The quantitative estimate of drug-likeness (QED) is 0.485. The minimum atomic E-state index is -0.574. The van der Waals surface area contributed by atoms with E-state index in [-0.39, 0.29) is 29.3 Å². The van der Waals surface area contributed by atoms with Gasteiger partial charge in [0.2, 0.25) is 5.91 Å². The Balaban J connectivity index is 1.90. The first-order chi connectivity index (χ1) is 11.1. The van der Waals surface area contributed by atoms with Crippen LogP contribution in [0.3, 0.4) is 0 Å². The predicted molar refractivity (Wildman–Crippen MR) is 85.3 cm³/mol. The number of nitro groups is 1. The number of phenolic OH excluding ortho intramolecular Hbond substituents is 1. The lowest BCUT2D eigenvalue weighted by molar-refractivity contribution is -0.384. The van der Waals surface area contributed by atoms with Crippen LogP contribution in [0.25, 0.3) is 0 Å². The summed E-state index contributed by atoms with van der Waals surface area (Å²) in [5.41, 5.74) is 3.36. The van der Waals surface area contributed by atoms with Crippen molar-refractivity contribution in [2.75, 3.05) is 0 Å². The highest BCUT2D eigenvalue weighted by Crippen LogP contribution is 2.21. The summed E-state index contributed by atoms with van der Waals surface area (Å²) >= 11 is 0. The summed E-state index contributed by atoms with van der Waals surface area (Å²) in [5.74, 6) is -0.437. The SMILES string of the molecule is O=C(CCc1ccccc1)N/N=C\c1cc([N+](=O)[O-])ccc1O. The van der Waals surface area contributed by atoms with E-state index in [2.05, 4.69) is 10.5 Å². The molecule has 0 bridgehead atoms. The number of rotatable bonds is 6. The van der Waals surface area contributed by atoms with Crippen LogP contribution in [0.2, 0.25) is 0 Å². The van der Waals surface area contributed by atoms with Gasteiger partial charge in [-0.3, -0.25) is 14.9 Å². The van der Waals surface area contributed by atoms with E-state index in [4.69, 9.17) is 0 Å². The first-order valence-corrected chi connectivity index (χ1v) is 6.89. The molecule has 0 spiro atoms. The number of phenols is 1. The summed E-state index contributed by atoms with van der Waals surface area (Å²) in [6, 6.07) is 13.1. The van der Waals surface area contributed by atoms with Gasteiger partial charge < -0.3 is 5.11 Å². The van der Waals surface area contributed by atoms with Gasteiger partial charge >= 0.3 is 0 Å². The zero-order valence-corrected chi connectivity index (χ0v) is 12.2. The Morgan fingerprint density at radius 2 is 2.00 bits per heavy atom. The van der Waals surface area contributed by atoms with E-state index in [0.717, 1.165) is 5.56 Å². The number of nitrogens with one attached hydrogen (secondary N) is 1. The average molecular weight is 313 g/mol. The van der Waals surface area contributed by atoms with E-state index in [9.17, 15) is 20.0 Å². The maximum Gasteiger partial charge on any atom is 0.270 e. The Morgan fingerprint density at radius 1 is 1.26 bits per heavy atom. The van der Waals surface area contributed by atoms with Gasteiger partial charge in [-0.2, -0.15) is 5.10 Å². The van der Waals surface area contributed by atoms with Crippen molar-refractivity contribution in [2.45, 2.75) is 12.8 Å². The Labute approximate surface area is 132 Å². The van der Waals surface area contributed by atoms with E-state index < -0.39 is 4.92 Å². The van der Waals surface area contributed by atoms with Gasteiger partial charge in [0.15, 0.2) is 0 Å². The van der Waals surface area contributed by atoms with Crippen LogP contribution >= 0.6 is 0 Å². The van der Waals surface area contributed by atoms with E-state index in [1.807, 2.05) is 30.3 Å². The molecule has 0 aliphatic heterocycles. The molecule has 7 heteroatoms. The summed E-state index contributed by atoms with van der Waals surface area (Å²) in [6.45, 7) is 0. The molecule has 2 N–H and O–H groups in total. The minimum Gasteiger partial charge on any atom is -0.507 e. The number of amides is 1. The third-order valence-electron chi connectivity index (χ3n) is 3.10. The maximum atomic E-state index is 11.7. The average Bonchev–Trinajstić information content (AvgIpc) is 2.55. The van der Waals surface area contributed by atoms with Crippen molar-refractivity contribution in [1.29, 1.82) is 0 Å². The number of aryl methyl sites for hydroxylation is 1. The summed E-state index contributed by atoms with van der Waals surface area (Å²) in [4.78, 5) is 21.8. The van der Waals surface area contributed by atoms with Gasteiger partial charge in [-0.25, -0.2) is 5.43 Å². The lowest BCUT2D eigenvalue weighted by Gasteiger charge is -2.01. The smallest absolute Gasteiger partial charge is 0.270 e. The monoisotopic (exact) mass is 313 g/mol. The molecule has 0 aromatic heterocycles. The second-order valence-corrected chi connectivity index (χ2v) is 4.78. The Bertz CT molecular complexity index is 729. The van der Waals surface area contributed by atoms with Crippen molar-refractivity contribution in [3.05, 3.63) is 69.8 Å². The van der Waals surface area contributed by atoms with Crippen molar-refractivity contribution < 1.29 is 14.8 Å². The summed E-state index contributed by atoms with van der Waals surface area (Å²) in [7, 11) is 0. The second kappa shape index (κ2) is 7.69. The molecular formula is C16H15N3O4.